The van der Waals surface area contributed by atoms with Gasteiger partial charge in [-0.05, 0) is 87.0 Å². The minimum absolute atomic E-state index is 0.918. The lowest BCUT2D eigenvalue weighted by atomic mass is 9.95. The Bertz CT molecular complexity index is 3140. The van der Waals surface area contributed by atoms with E-state index < -0.39 is 0 Å². The van der Waals surface area contributed by atoms with Gasteiger partial charge in [0.05, 0.1) is 0 Å². The van der Waals surface area contributed by atoms with E-state index in [0.717, 1.165) is 33.1 Å². The number of rotatable bonds is 4. The van der Waals surface area contributed by atoms with E-state index in [2.05, 4.69) is 146 Å². The van der Waals surface area contributed by atoms with Gasteiger partial charge in [0.2, 0.25) is 0 Å². The Labute approximate surface area is 297 Å². The summed E-state index contributed by atoms with van der Waals surface area (Å²) in [4.78, 5) is 0. The number of hydrogen-bond donors (Lipinski definition) is 0. The maximum absolute atomic E-state index is 6.19. The molecule has 238 valence electrons. The van der Waals surface area contributed by atoms with E-state index in [4.69, 9.17) is 8.83 Å². The molecule has 3 heteroatoms. The molecule has 0 spiro atoms. The van der Waals surface area contributed by atoms with Crippen molar-refractivity contribution in [2.45, 2.75) is 0 Å². The van der Waals surface area contributed by atoms with Crippen LogP contribution < -0.4 is 0 Å². The van der Waals surface area contributed by atoms with E-state index in [-0.39, 0.29) is 0 Å². The van der Waals surface area contributed by atoms with Crippen LogP contribution in [-0.4, -0.2) is 0 Å². The summed E-state index contributed by atoms with van der Waals surface area (Å²) in [6.45, 7) is 0. The van der Waals surface area contributed by atoms with Gasteiger partial charge in [-0.25, -0.2) is 0 Å². The molecule has 11 aromatic rings. The number of para-hydroxylation sites is 2. The van der Waals surface area contributed by atoms with E-state index >= 15 is 0 Å². The van der Waals surface area contributed by atoms with Crippen molar-refractivity contribution in [3.63, 3.8) is 0 Å². The number of furan rings is 2. The lowest BCUT2D eigenvalue weighted by Crippen LogP contribution is -1.83. The van der Waals surface area contributed by atoms with E-state index in [9.17, 15) is 0 Å². The first-order valence-electron chi connectivity index (χ1n) is 17.2. The summed E-state index contributed by atoms with van der Waals surface area (Å²) in [7, 11) is 0. The Morgan fingerprint density at radius 3 is 1.37 bits per heavy atom. The highest BCUT2D eigenvalue weighted by Crippen LogP contribution is 2.42. The van der Waals surface area contributed by atoms with Crippen molar-refractivity contribution in [2.24, 2.45) is 0 Å². The maximum Gasteiger partial charge on any atom is 0.136 e. The maximum atomic E-state index is 6.19. The first-order valence-corrected chi connectivity index (χ1v) is 18.1. The van der Waals surface area contributed by atoms with Gasteiger partial charge in [-0.2, -0.15) is 0 Å². The summed E-state index contributed by atoms with van der Waals surface area (Å²) in [5.41, 5.74) is 13.3. The summed E-state index contributed by atoms with van der Waals surface area (Å²) < 4.78 is 14.9. The average Bonchev–Trinajstić information content (AvgIpc) is 3.88. The van der Waals surface area contributed by atoms with E-state index in [0.29, 0.717) is 0 Å². The first kappa shape index (κ1) is 28.4. The molecule has 0 fully saturated rings. The number of thiophene rings is 1. The predicted molar refractivity (Wildman–Crippen MR) is 216 cm³/mol. The molecule has 0 aliphatic rings. The normalized spacial score (nSPS) is 11.9. The molecule has 3 aromatic heterocycles. The zero-order chi connectivity index (χ0) is 33.5. The molecule has 0 aliphatic carbocycles. The summed E-state index contributed by atoms with van der Waals surface area (Å²) in [5.74, 6) is 0. The van der Waals surface area contributed by atoms with Gasteiger partial charge in [0, 0.05) is 41.7 Å². The van der Waals surface area contributed by atoms with Gasteiger partial charge in [-0.1, -0.05) is 127 Å². The smallest absolute Gasteiger partial charge is 0.136 e. The molecular formula is C48H28O2S. The summed E-state index contributed by atoms with van der Waals surface area (Å²) in [6, 6.07) is 60.8. The van der Waals surface area contributed by atoms with Crippen LogP contribution >= 0.6 is 11.3 Å². The quantitative estimate of drug-likeness (QED) is 0.187. The Hall–Kier alpha value is -6.42. The van der Waals surface area contributed by atoms with Crippen LogP contribution in [0.3, 0.4) is 0 Å². The number of benzene rings is 8. The van der Waals surface area contributed by atoms with Gasteiger partial charge in [-0.15, -0.1) is 11.3 Å². The highest BCUT2D eigenvalue weighted by atomic mass is 32.1. The molecule has 0 N–H and O–H groups in total. The highest BCUT2D eigenvalue weighted by Gasteiger charge is 2.15. The number of hydrogen-bond acceptors (Lipinski definition) is 3. The number of fused-ring (bicyclic) bond motifs is 9. The molecule has 2 nitrogen and oxygen atoms in total. The molecule has 3 heterocycles. The van der Waals surface area contributed by atoms with Gasteiger partial charge in [0.25, 0.3) is 0 Å². The Morgan fingerprint density at radius 2 is 0.745 bits per heavy atom. The summed E-state index contributed by atoms with van der Waals surface area (Å²) >= 11 is 1.87. The largest absolute Gasteiger partial charge is 0.456 e. The monoisotopic (exact) mass is 668 g/mol. The zero-order valence-corrected chi connectivity index (χ0v) is 28.2. The lowest BCUT2D eigenvalue weighted by molar-refractivity contribution is 0.668. The lowest BCUT2D eigenvalue weighted by Gasteiger charge is -2.08. The van der Waals surface area contributed by atoms with Gasteiger partial charge in [0.1, 0.15) is 22.3 Å². The average molecular weight is 669 g/mol. The molecule has 0 aliphatic heterocycles. The SMILES string of the molecule is c1cc(-c2ccc3c(c2)sc2cc(-c4ccc(-c5cccc6oc7ccccc7c56)cc4)ccc23)cc(-c2cccc3oc4ccccc4c23)c1. The van der Waals surface area contributed by atoms with Crippen molar-refractivity contribution in [3.8, 4) is 44.5 Å². The van der Waals surface area contributed by atoms with Gasteiger partial charge in [0.15, 0.2) is 0 Å². The molecule has 51 heavy (non-hydrogen) atoms. The van der Waals surface area contributed by atoms with Gasteiger partial charge < -0.3 is 8.83 Å². The van der Waals surface area contributed by atoms with Crippen molar-refractivity contribution in [3.05, 3.63) is 170 Å². The molecule has 8 aromatic carbocycles. The van der Waals surface area contributed by atoms with Crippen molar-refractivity contribution < 1.29 is 8.83 Å². The van der Waals surface area contributed by atoms with Crippen LogP contribution in [0.15, 0.2) is 179 Å². The second-order valence-corrected chi connectivity index (χ2v) is 14.3. The molecule has 0 radical (unpaired) electrons. The second kappa shape index (κ2) is 11.0. The molecule has 11 rings (SSSR count). The minimum Gasteiger partial charge on any atom is -0.456 e. The third-order valence-electron chi connectivity index (χ3n) is 10.3. The molecule has 0 amide bonds. The Balaban J connectivity index is 0.940. The van der Waals surface area contributed by atoms with Crippen LogP contribution in [0.5, 0.6) is 0 Å². The van der Waals surface area contributed by atoms with Crippen LogP contribution in [-0.2, 0) is 0 Å². The minimum atomic E-state index is 0.918. The molecule has 0 bridgehead atoms. The van der Waals surface area contributed by atoms with Crippen molar-refractivity contribution in [1.29, 1.82) is 0 Å². The third-order valence-corrected chi connectivity index (χ3v) is 11.4. The second-order valence-electron chi connectivity index (χ2n) is 13.2. The van der Waals surface area contributed by atoms with Crippen LogP contribution in [0, 0.1) is 0 Å². The van der Waals surface area contributed by atoms with Gasteiger partial charge in [-0.3, -0.25) is 0 Å². The van der Waals surface area contributed by atoms with Crippen LogP contribution in [0.2, 0.25) is 0 Å². The fourth-order valence-corrected chi connectivity index (χ4v) is 9.06. The van der Waals surface area contributed by atoms with Crippen LogP contribution in [0.4, 0.5) is 0 Å². The predicted octanol–water partition coefficient (Wildman–Crippen LogP) is 14.5. The summed E-state index contributed by atoms with van der Waals surface area (Å²) in [5, 5.41) is 7.23. The van der Waals surface area contributed by atoms with E-state index in [1.54, 1.807) is 0 Å². The molecule has 0 saturated carbocycles. The molecule has 0 saturated heterocycles. The first-order chi connectivity index (χ1) is 25.2. The van der Waals surface area contributed by atoms with Crippen LogP contribution in [0.25, 0.3) is 109 Å². The standard InChI is InChI=1S/C48H28O2S/c1-3-14-41-39(10-1)47-35(12-6-16-43(47)49-41)30-20-18-29(19-21-30)32-22-24-37-38-25-23-33(28-46(38)51-45(37)27-32)31-8-5-9-34(26-31)36-13-7-17-44-48(36)40-11-2-4-15-42(40)50-44/h1-28H. The summed E-state index contributed by atoms with van der Waals surface area (Å²) in [6.07, 6.45) is 0. The van der Waals surface area contributed by atoms with E-state index in [1.807, 2.05) is 35.6 Å². The fourth-order valence-electron chi connectivity index (χ4n) is 7.88. The van der Waals surface area contributed by atoms with Crippen molar-refractivity contribution >= 4 is 75.4 Å². The van der Waals surface area contributed by atoms with Crippen molar-refractivity contribution in [2.75, 3.05) is 0 Å². The highest BCUT2D eigenvalue weighted by molar-refractivity contribution is 7.25. The fraction of sp³-hybridized carbons (Fsp3) is 0. The van der Waals surface area contributed by atoms with Crippen molar-refractivity contribution in [1.82, 2.24) is 0 Å². The van der Waals surface area contributed by atoms with Crippen LogP contribution in [0.1, 0.15) is 0 Å². The molecule has 0 atom stereocenters. The Morgan fingerprint density at radius 1 is 0.294 bits per heavy atom. The molecular weight excluding hydrogens is 641 g/mol. The van der Waals surface area contributed by atoms with Gasteiger partial charge >= 0.3 is 0 Å². The Kier molecular flexibility index (Phi) is 6.16. The topological polar surface area (TPSA) is 26.3 Å². The molecule has 0 unspecified atom stereocenters. The van der Waals surface area contributed by atoms with E-state index in [1.165, 1.54) is 75.5 Å². The zero-order valence-electron chi connectivity index (χ0n) is 27.4. The third kappa shape index (κ3) is 4.49.